The van der Waals surface area contributed by atoms with E-state index in [1.165, 1.54) is 32.9 Å². The van der Waals surface area contributed by atoms with Crippen molar-refractivity contribution in [2.75, 3.05) is 246 Å². The second-order valence-corrected chi connectivity index (χ2v) is 35.6. The van der Waals surface area contributed by atoms with Crippen molar-refractivity contribution in [2.24, 2.45) is 23.7 Å². The number of nitrogens with zero attached hydrogens (tertiary/aromatic N) is 4. The third kappa shape index (κ3) is 52.4. The van der Waals surface area contributed by atoms with Gasteiger partial charge in [0.2, 0.25) is 82.7 Å². The number of thioether (sulfide) groups is 1. The van der Waals surface area contributed by atoms with Gasteiger partial charge in [0.1, 0.15) is 36.6 Å². The van der Waals surface area contributed by atoms with Gasteiger partial charge in [0.15, 0.2) is 0 Å². The average molecular weight is 2030 g/mol. The lowest BCUT2D eigenvalue weighted by molar-refractivity contribution is -0.148. The number of carbonyl (C=O) groups is 17. The van der Waals surface area contributed by atoms with E-state index in [0.717, 1.165) is 10.5 Å². The molecule has 0 aliphatic carbocycles. The fraction of sp³-hybridized carbons (Fsp3) is 0.755. The highest BCUT2D eigenvalue weighted by molar-refractivity contribution is 8.00. The van der Waals surface area contributed by atoms with E-state index in [-0.39, 0.29) is 197 Å². The molecule has 0 bridgehead atoms. The summed E-state index contributed by atoms with van der Waals surface area (Å²) in [6.45, 7) is 16.9. The number of nitrogens with one attached hydrogen (secondary N) is 11. The van der Waals surface area contributed by atoms with Crippen LogP contribution in [0.5, 0.6) is 0 Å². The van der Waals surface area contributed by atoms with E-state index in [1.807, 2.05) is 78.7 Å². The van der Waals surface area contributed by atoms with Gasteiger partial charge in [-0.25, -0.2) is 9.59 Å². The maximum Gasteiger partial charge on any atom is 0.407 e. The highest BCUT2D eigenvalue weighted by Crippen LogP contribution is 2.31. The van der Waals surface area contributed by atoms with Crippen molar-refractivity contribution in [2.45, 2.75) is 192 Å². The molecule has 11 N–H and O–H groups in total. The first-order valence-electron chi connectivity index (χ1n) is 48.3. The number of hydrogen-bond acceptors (Lipinski definition) is 33. The van der Waals surface area contributed by atoms with E-state index < -0.39 is 164 Å². The lowest BCUT2D eigenvalue weighted by atomic mass is 9.89. The molecule has 141 heavy (non-hydrogen) atoms. The van der Waals surface area contributed by atoms with Crippen molar-refractivity contribution in [1.82, 2.24) is 78.1 Å². The van der Waals surface area contributed by atoms with Gasteiger partial charge in [0.05, 0.1) is 200 Å². The van der Waals surface area contributed by atoms with Crippen molar-refractivity contribution in [3.8, 4) is 0 Å². The molecule has 12 atom stereocenters. The molecule has 1 aromatic rings. The number of esters is 1. The van der Waals surface area contributed by atoms with Gasteiger partial charge in [0, 0.05) is 106 Å². The fourth-order valence-corrected chi connectivity index (χ4v) is 15.6. The Balaban J connectivity index is 1.48. The summed E-state index contributed by atoms with van der Waals surface area (Å²) in [7, 11) is 9.89. The number of benzene rings is 1. The molecular weight excluding hydrogens is 1870 g/mol. The largest absolute Gasteiger partial charge is 0.464 e. The monoisotopic (exact) mass is 2030 g/mol. The van der Waals surface area contributed by atoms with Crippen LogP contribution in [-0.2, 0) is 149 Å². The minimum Gasteiger partial charge on any atom is -0.464 e. The number of ether oxygens (including phenoxy) is 14. The molecule has 2 heterocycles. The van der Waals surface area contributed by atoms with Crippen molar-refractivity contribution in [3.63, 3.8) is 0 Å². The summed E-state index contributed by atoms with van der Waals surface area (Å²) in [5.41, 5.74) is 0.743. The van der Waals surface area contributed by atoms with Crippen LogP contribution in [0, 0.1) is 23.7 Å². The summed E-state index contributed by atoms with van der Waals surface area (Å²) >= 11 is 1.30. The number of hydrogen-bond donors (Lipinski definition) is 11. The summed E-state index contributed by atoms with van der Waals surface area (Å²) in [5.74, 6) is -10.1. The Bertz CT molecular complexity index is 3910. The van der Waals surface area contributed by atoms with Crippen LogP contribution in [-0.4, -0.2) is 426 Å². The quantitative estimate of drug-likeness (QED) is 0.0201. The molecule has 2 fully saturated rings. The van der Waals surface area contributed by atoms with E-state index in [1.54, 1.807) is 49.3 Å². The molecular formula is C94H159N15O31S. The Morgan fingerprint density at radius 1 is 0.496 bits per heavy atom. The third-order valence-electron chi connectivity index (χ3n) is 22.8. The molecule has 1 aromatic carbocycles. The molecule has 0 spiro atoms. The molecule has 4 unspecified atom stereocenters. The Morgan fingerprint density at radius 2 is 1.03 bits per heavy atom. The fourth-order valence-electron chi connectivity index (χ4n) is 15.0. The van der Waals surface area contributed by atoms with E-state index in [0.29, 0.717) is 98.3 Å². The summed E-state index contributed by atoms with van der Waals surface area (Å²) in [6, 6.07) is 2.75. The molecule has 47 heteroatoms. The average Bonchev–Trinajstić information content (AvgIpc) is 1.69. The van der Waals surface area contributed by atoms with Crippen LogP contribution in [0.3, 0.4) is 0 Å². The number of rotatable bonds is 80. The van der Waals surface area contributed by atoms with Crippen LogP contribution in [0.2, 0.25) is 0 Å². The summed E-state index contributed by atoms with van der Waals surface area (Å²) in [5, 5.41) is 27.3. The first-order chi connectivity index (χ1) is 67.5. The Hall–Kier alpha value is -9.76. The van der Waals surface area contributed by atoms with Gasteiger partial charge >= 0.3 is 12.1 Å². The zero-order valence-corrected chi connectivity index (χ0v) is 85.8. The van der Waals surface area contributed by atoms with Crippen LogP contribution in [0.15, 0.2) is 30.3 Å². The Morgan fingerprint density at radius 3 is 1.55 bits per heavy atom. The van der Waals surface area contributed by atoms with E-state index in [9.17, 15) is 81.5 Å². The molecule has 46 nitrogen and oxygen atoms in total. The molecule has 2 saturated heterocycles. The first kappa shape index (κ1) is 125. The SMILES string of the molecule is CC[C@H](C)[C@@H]([C@@H](CC(=O)N1CCC[C@H]1[C@H](OC)[C@@H](C)C(=O)N[C@@H](Cc1ccccc1)C(=O)NCCCOC(=O)C(C)NC(=O)CCNC(=O)OCC(NC(=O)CNC(=O)CNC(=O)CNC(=O)CNC(=O)CCOCCOCCCC(=O)CCN1C(=O)CC(SC)C1=O)C(=O)NCCOCCOCCOCCOCCOCCOCCOCCOC)OC)N(C)C(=O)C(NC(=O)[C@H](C(C)C)N(C)C)C(C)C. The minimum atomic E-state index is -1.56. The molecule has 0 radical (unpaired) electrons. The maximum absolute atomic E-state index is 14.7. The van der Waals surface area contributed by atoms with Gasteiger partial charge in [-0.3, -0.25) is 81.7 Å². The predicted molar refractivity (Wildman–Crippen MR) is 516 cm³/mol. The highest BCUT2D eigenvalue weighted by Gasteiger charge is 2.45. The molecule has 0 aromatic heterocycles. The zero-order chi connectivity index (χ0) is 104. The number of ketones is 1. The molecule has 2 aliphatic rings. The number of amides is 15. The summed E-state index contributed by atoms with van der Waals surface area (Å²) < 4.78 is 76.9. The molecule has 15 amide bonds. The van der Waals surface area contributed by atoms with Gasteiger partial charge in [-0.1, -0.05) is 85.2 Å². The van der Waals surface area contributed by atoms with E-state index >= 15 is 0 Å². The highest BCUT2D eigenvalue weighted by atomic mass is 32.2. The Labute approximate surface area is 832 Å². The smallest absolute Gasteiger partial charge is 0.407 e. The van der Waals surface area contributed by atoms with Crippen LogP contribution < -0.4 is 58.5 Å². The van der Waals surface area contributed by atoms with Crippen LogP contribution in [0.4, 0.5) is 4.79 Å². The van der Waals surface area contributed by atoms with Crippen molar-refractivity contribution < 1.29 is 148 Å². The number of carbonyl (C=O) groups excluding carboxylic acids is 17. The number of Topliss-reactive ketones (excluding diaryl/α,β-unsaturated/α-hetero) is 1. The van der Waals surface area contributed by atoms with Crippen LogP contribution in [0.1, 0.15) is 132 Å². The molecule has 802 valence electrons. The van der Waals surface area contributed by atoms with Gasteiger partial charge in [-0.05, 0) is 76.3 Å². The number of likely N-dealkylation sites (N-methyl/N-ethyl adjacent to an activating group) is 2. The maximum atomic E-state index is 14.7. The topological polar surface area (TPSA) is 565 Å². The van der Waals surface area contributed by atoms with Crippen molar-refractivity contribution >= 4 is 112 Å². The van der Waals surface area contributed by atoms with Gasteiger partial charge < -0.3 is 135 Å². The minimum absolute atomic E-state index is 0.000572. The summed E-state index contributed by atoms with van der Waals surface area (Å²) in [6.07, 6.45) is 1.33. The normalized spacial score (nSPS) is 15.7. The summed E-state index contributed by atoms with van der Waals surface area (Å²) in [4.78, 5) is 230. The van der Waals surface area contributed by atoms with Crippen molar-refractivity contribution in [3.05, 3.63) is 35.9 Å². The standard InChI is InChI=1S/C94H159N15O31S/c1-16-65(6)85(107(11)92(124)83(63(2)3)105-90(122)84(64(4)5)106(9)10)73(128-13)56-81(117)108-33-20-26-72(108)86(129-14)66(7)87(119)104-70(55-68-23-18-17-19-24-68)88(120)95-30-22-36-139-93(125)67(8)102-76(112)27-31-97-94(126)140-62-71(89(121)96-32-38-132-43-44-134-47-48-136-51-52-138-54-53-137-50-49-135-46-45-133-40-39-127-12)103-80(116)61-101-79(115)60-100-78(114)59-99-77(113)58-98-75(111)29-37-131-42-41-130-35-21-25-69(110)28-34-109-82(118)57-74(141-15)91(109)123/h17-19,23-24,63-67,70-74,83-86H,16,20-22,25-62H2,1-15H3,(H,95,120)(H,96,121)(H,97,126)(H,98,111)(H,99,113)(H,100,114)(H,101,115)(H,102,112)(H,103,116)(H,104,119)(H,105,122)/t65-,66+,67?,70-,71?,72-,73+,74?,83?,84-,85-,86+/m0/s1. The second kappa shape index (κ2) is 74.2. The number of likely N-dealkylation sites (tertiary alicyclic amines) is 2. The van der Waals surface area contributed by atoms with E-state index in [4.69, 9.17) is 66.3 Å². The zero-order valence-electron chi connectivity index (χ0n) is 85.0. The lowest BCUT2D eigenvalue weighted by Crippen LogP contribution is -2.59. The van der Waals surface area contributed by atoms with Crippen molar-refractivity contribution in [1.29, 1.82) is 0 Å². The lowest BCUT2D eigenvalue weighted by Gasteiger charge is -2.41. The first-order valence-corrected chi connectivity index (χ1v) is 49.6. The number of alkyl carbamates (subject to hydrolysis) is 1. The predicted octanol–water partition coefficient (Wildman–Crippen LogP) is -1.49. The second-order valence-electron chi connectivity index (χ2n) is 34.6. The molecule has 2 aliphatic heterocycles. The third-order valence-corrected chi connectivity index (χ3v) is 23.7. The van der Waals surface area contributed by atoms with Gasteiger partial charge in [0.25, 0.3) is 0 Å². The van der Waals surface area contributed by atoms with Gasteiger partial charge in [-0.15, -0.1) is 0 Å². The number of methoxy groups -OCH3 is 3. The van der Waals surface area contributed by atoms with Crippen LogP contribution in [0.25, 0.3) is 0 Å². The molecule has 3 rings (SSSR count). The van der Waals surface area contributed by atoms with Gasteiger partial charge in [-0.2, -0.15) is 11.8 Å². The number of imide groups is 1. The Kier molecular flexibility index (Phi) is 66.0. The van der Waals surface area contributed by atoms with Crippen LogP contribution >= 0.6 is 11.8 Å². The van der Waals surface area contributed by atoms with E-state index in [2.05, 4.69) is 58.5 Å². The molecule has 0 saturated carbocycles.